The van der Waals surface area contributed by atoms with E-state index < -0.39 is 0 Å². The lowest BCUT2D eigenvalue weighted by atomic mass is 9.95. The van der Waals surface area contributed by atoms with Gasteiger partial charge in [-0.3, -0.25) is 9.69 Å². The quantitative estimate of drug-likeness (QED) is 0.886. The zero-order valence-electron chi connectivity index (χ0n) is 14.4. The number of fused-ring (bicyclic) bond motifs is 4. The molecule has 4 rings (SSSR count). The number of phenolic OH excluding ortho intramolecular Hbond substituents is 1. The van der Waals surface area contributed by atoms with Crippen LogP contribution in [0.4, 0.5) is 0 Å². The first-order valence-electron chi connectivity index (χ1n) is 8.51. The number of methoxy groups -OCH3 is 2. The Bertz CT molecular complexity index is 592. The molecule has 2 atom stereocenters. The lowest BCUT2D eigenvalue weighted by molar-refractivity contribution is 0.0715. The number of carbonyl (C=O) groups is 1. The molecule has 1 aromatic carbocycles. The first-order valence-corrected chi connectivity index (χ1v) is 8.51. The summed E-state index contributed by atoms with van der Waals surface area (Å²) in [6.07, 6.45) is 2.28. The molecule has 0 unspecified atom stereocenters. The molecular formula is C18H26N2O4. The topological polar surface area (TPSA) is 62.2 Å². The Kier molecular flexibility index (Phi) is 5.26. The molecule has 0 spiro atoms. The van der Waals surface area contributed by atoms with Crippen molar-refractivity contribution in [3.05, 3.63) is 23.8 Å². The summed E-state index contributed by atoms with van der Waals surface area (Å²) in [7, 11) is 3.26. The Labute approximate surface area is 143 Å². The summed E-state index contributed by atoms with van der Waals surface area (Å²) in [5, 5.41) is 10.2. The number of amides is 1. The molecule has 6 heteroatoms. The van der Waals surface area contributed by atoms with Crippen LogP contribution in [0.3, 0.4) is 0 Å². The van der Waals surface area contributed by atoms with Gasteiger partial charge < -0.3 is 19.5 Å². The average molecular weight is 334 g/mol. The Morgan fingerprint density at radius 3 is 2.79 bits per heavy atom. The van der Waals surface area contributed by atoms with Gasteiger partial charge in [0.05, 0.1) is 19.3 Å². The van der Waals surface area contributed by atoms with Crippen LogP contribution >= 0.6 is 0 Å². The van der Waals surface area contributed by atoms with Crippen molar-refractivity contribution in [3.8, 4) is 11.5 Å². The second-order valence-electron chi connectivity index (χ2n) is 6.68. The Morgan fingerprint density at radius 1 is 1.25 bits per heavy atom. The zero-order chi connectivity index (χ0) is 17.1. The highest BCUT2D eigenvalue weighted by molar-refractivity contribution is 5.97. The summed E-state index contributed by atoms with van der Waals surface area (Å²) >= 11 is 0. The third kappa shape index (κ3) is 3.49. The number of rotatable bonds is 5. The molecule has 0 saturated carbocycles. The summed E-state index contributed by atoms with van der Waals surface area (Å²) in [6, 6.07) is 5.23. The molecule has 132 valence electrons. The van der Waals surface area contributed by atoms with Crippen LogP contribution in [-0.2, 0) is 4.74 Å². The standard InChI is InChI=1S/C18H26N2O4/c1-23-8-7-19-10-13-3-4-14(19)12-20(11-13)18(22)16-6-5-15(24-2)9-17(16)21/h5-6,9,13-14,21H,3-4,7-8,10-12H2,1-2H3/t13-,14-/m0/s1. The van der Waals surface area contributed by atoms with Crippen molar-refractivity contribution in [2.24, 2.45) is 5.92 Å². The highest BCUT2D eigenvalue weighted by Crippen LogP contribution is 2.30. The second kappa shape index (κ2) is 7.40. The van der Waals surface area contributed by atoms with E-state index in [1.54, 1.807) is 19.2 Å². The van der Waals surface area contributed by atoms with E-state index in [4.69, 9.17) is 9.47 Å². The van der Waals surface area contributed by atoms with Gasteiger partial charge in [-0.15, -0.1) is 0 Å². The van der Waals surface area contributed by atoms with Gasteiger partial charge in [0.15, 0.2) is 0 Å². The van der Waals surface area contributed by atoms with E-state index in [1.165, 1.54) is 13.2 Å². The normalized spacial score (nSPS) is 24.0. The van der Waals surface area contributed by atoms with E-state index in [9.17, 15) is 9.90 Å². The van der Waals surface area contributed by atoms with E-state index in [2.05, 4.69) is 4.90 Å². The maximum atomic E-state index is 12.9. The maximum absolute atomic E-state index is 12.9. The average Bonchev–Trinajstić information content (AvgIpc) is 2.91. The van der Waals surface area contributed by atoms with Crippen molar-refractivity contribution in [1.82, 2.24) is 9.80 Å². The molecule has 3 aliphatic heterocycles. The van der Waals surface area contributed by atoms with Gasteiger partial charge in [-0.2, -0.15) is 0 Å². The number of ether oxygens (including phenoxy) is 2. The molecule has 1 amide bonds. The van der Waals surface area contributed by atoms with Crippen LogP contribution in [-0.4, -0.2) is 73.9 Å². The summed E-state index contributed by atoms with van der Waals surface area (Å²) in [5.41, 5.74) is 0.348. The van der Waals surface area contributed by atoms with Gasteiger partial charge in [0, 0.05) is 45.4 Å². The van der Waals surface area contributed by atoms with Gasteiger partial charge in [-0.1, -0.05) is 0 Å². The van der Waals surface area contributed by atoms with Gasteiger partial charge in [-0.25, -0.2) is 0 Å². The largest absolute Gasteiger partial charge is 0.507 e. The number of aromatic hydroxyl groups is 1. The highest BCUT2D eigenvalue weighted by Gasteiger charge is 2.36. The number of piperidine rings is 1. The van der Waals surface area contributed by atoms with E-state index >= 15 is 0 Å². The van der Waals surface area contributed by atoms with E-state index in [-0.39, 0.29) is 11.7 Å². The number of hydrogen-bond acceptors (Lipinski definition) is 5. The number of phenols is 1. The van der Waals surface area contributed by atoms with E-state index in [0.29, 0.717) is 29.8 Å². The van der Waals surface area contributed by atoms with Crippen molar-refractivity contribution in [3.63, 3.8) is 0 Å². The summed E-state index contributed by atoms with van der Waals surface area (Å²) in [4.78, 5) is 17.2. The minimum absolute atomic E-state index is 0.0211. The Balaban J connectivity index is 1.74. The number of nitrogens with zero attached hydrogens (tertiary/aromatic N) is 2. The van der Waals surface area contributed by atoms with Crippen LogP contribution < -0.4 is 4.74 Å². The Morgan fingerprint density at radius 2 is 2.08 bits per heavy atom. The third-order valence-corrected chi connectivity index (χ3v) is 5.13. The van der Waals surface area contributed by atoms with Gasteiger partial charge in [0.1, 0.15) is 11.5 Å². The van der Waals surface area contributed by atoms with Gasteiger partial charge in [0.25, 0.3) is 5.91 Å². The lowest BCUT2D eigenvalue weighted by Crippen LogP contribution is -2.45. The van der Waals surface area contributed by atoms with Crippen LogP contribution in [0, 0.1) is 5.92 Å². The fourth-order valence-corrected chi connectivity index (χ4v) is 3.82. The molecule has 2 bridgehead atoms. The first-order chi connectivity index (χ1) is 11.6. The predicted molar refractivity (Wildman–Crippen MR) is 90.5 cm³/mol. The van der Waals surface area contributed by atoms with Crippen molar-refractivity contribution in [2.45, 2.75) is 18.9 Å². The van der Waals surface area contributed by atoms with Gasteiger partial charge in [-0.05, 0) is 30.9 Å². The molecule has 1 N–H and O–H groups in total. The summed E-state index contributed by atoms with van der Waals surface area (Å²) < 4.78 is 10.3. The Hall–Kier alpha value is -1.79. The molecule has 3 saturated heterocycles. The van der Waals surface area contributed by atoms with Crippen LogP contribution in [0.15, 0.2) is 18.2 Å². The molecule has 3 aliphatic rings. The van der Waals surface area contributed by atoms with Gasteiger partial charge >= 0.3 is 0 Å². The maximum Gasteiger partial charge on any atom is 0.257 e. The van der Waals surface area contributed by atoms with Crippen LogP contribution in [0.1, 0.15) is 23.2 Å². The van der Waals surface area contributed by atoms with Gasteiger partial charge in [0.2, 0.25) is 0 Å². The minimum Gasteiger partial charge on any atom is -0.507 e. The third-order valence-electron chi connectivity index (χ3n) is 5.13. The smallest absolute Gasteiger partial charge is 0.257 e. The molecule has 0 radical (unpaired) electrons. The molecule has 24 heavy (non-hydrogen) atoms. The molecule has 3 heterocycles. The predicted octanol–water partition coefficient (Wildman–Crippen LogP) is 1.58. The highest BCUT2D eigenvalue weighted by atomic mass is 16.5. The van der Waals surface area contributed by atoms with Crippen molar-refractivity contribution < 1.29 is 19.4 Å². The molecule has 0 aromatic heterocycles. The van der Waals surface area contributed by atoms with Crippen molar-refractivity contribution in [2.75, 3.05) is 47.0 Å². The fourth-order valence-electron chi connectivity index (χ4n) is 3.82. The first kappa shape index (κ1) is 17.0. The number of hydrogen-bond donors (Lipinski definition) is 1. The van der Waals surface area contributed by atoms with E-state index in [1.807, 2.05) is 4.90 Å². The molecule has 6 nitrogen and oxygen atoms in total. The van der Waals surface area contributed by atoms with Crippen LogP contribution in [0.25, 0.3) is 0 Å². The van der Waals surface area contributed by atoms with Crippen LogP contribution in [0.2, 0.25) is 0 Å². The summed E-state index contributed by atoms with van der Waals surface area (Å²) in [5.74, 6) is 0.920. The second-order valence-corrected chi connectivity index (χ2v) is 6.68. The molecule has 1 aromatic rings. The van der Waals surface area contributed by atoms with E-state index in [0.717, 1.165) is 39.1 Å². The monoisotopic (exact) mass is 334 g/mol. The van der Waals surface area contributed by atoms with Crippen molar-refractivity contribution >= 4 is 5.91 Å². The molecular weight excluding hydrogens is 308 g/mol. The molecule has 0 aliphatic carbocycles. The van der Waals surface area contributed by atoms with Crippen LogP contribution in [0.5, 0.6) is 11.5 Å². The fraction of sp³-hybridized carbons (Fsp3) is 0.611. The zero-order valence-corrected chi connectivity index (χ0v) is 14.4. The summed E-state index contributed by atoms with van der Waals surface area (Å²) in [6.45, 7) is 4.12. The number of benzene rings is 1. The SMILES string of the molecule is COCCN1C[C@@H]2CC[C@H]1CN(C(=O)c1ccc(OC)cc1O)C2. The van der Waals surface area contributed by atoms with Crippen molar-refractivity contribution in [1.29, 1.82) is 0 Å². The lowest BCUT2D eigenvalue weighted by Gasteiger charge is -2.35. The number of carbonyl (C=O) groups excluding carboxylic acids is 1. The molecule has 3 fully saturated rings. The minimum atomic E-state index is -0.0966.